The van der Waals surface area contributed by atoms with Crippen LogP contribution in [0.25, 0.3) is 11.1 Å². The molecule has 0 saturated heterocycles. The third kappa shape index (κ3) is 4.81. The van der Waals surface area contributed by atoms with Crippen molar-refractivity contribution in [1.82, 2.24) is 0 Å². The van der Waals surface area contributed by atoms with Gasteiger partial charge in [0.15, 0.2) is 0 Å². The topological polar surface area (TPSA) is 103 Å². The average Bonchev–Trinajstić information content (AvgIpc) is 2.93. The highest BCUT2D eigenvalue weighted by Crippen LogP contribution is 2.54. The summed E-state index contributed by atoms with van der Waals surface area (Å²) in [4.78, 5) is 11.5. The van der Waals surface area contributed by atoms with Gasteiger partial charge in [-0.25, -0.2) is 0 Å². The number of aryl methyl sites for hydroxylation is 1. The molecule has 5 rings (SSSR count). The minimum atomic E-state index is -0.309. The van der Waals surface area contributed by atoms with Crippen LogP contribution < -0.4 is 0 Å². The molecule has 0 aromatic heterocycles. The molecule has 0 aliphatic heterocycles. The molecule has 6 heteroatoms. The summed E-state index contributed by atoms with van der Waals surface area (Å²) >= 11 is 0. The molecule has 2 aromatic carbocycles. The number of hydrogen-bond acceptors (Lipinski definition) is 6. The molecule has 0 radical (unpaired) electrons. The zero-order chi connectivity index (χ0) is 27.6. The molecule has 1 unspecified atom stereocenters. The monoisotopic (exact) mass is 522 g/mol. The molecule has 200 valence electrons. The number of fused-ring (bicyclic) bond motifs is 7. The maximum absolute atomic E-state index is 11.5. The van der Waals surface area contributed by atoms with Crippen molar-refractivity contribution < 1.29 is 19.4 Å². The van der Waals surface area contributed by atoms with Gasteiger partial charge in [-0.15, -0.1) is 0 Å². The van der Waals surface area contributed by atoms with Crippen molar-refractivity contribution in [1.29, 1.82) is 10.5 Å². The summed E-state index contributed by atoms with van der Waals surface area (Å²) in [5, 5.41) is 30.4. The Bertz CT molecular complexity index is 1470. The summed E-state index contributed by atoms with van der Waals surface area (Å²) in [6.07, 6.45) is 11.0. The average molecular weight is 523 g/mol. The van der Waals surface area contributed by atoms with Gasteiger partial charge in [0.2, 0.25) is 0 Å². The molecule has 2 aromatic rings. The highest BCUT2D eigenvalue weighted by atomic mass is 16.5. The Labute approximate surface area is 230 Å². The Morgan fingerprint density at radius 2 is 1.82 bits per heavy atom. The van der Waals surface area contributed by atoms with Crippen molar-refractivity contribution in [2.24, 2.45) is 0 Å². The van der Waals surface area contributed by atoms with Crippen LogP contribution in [0.2, 0.25) is 0 Å². The van der Waals surface area contributed by atoms with Gasteiger partial charge in [-0.2, -0.15) is 10.5 Å². The van der Waals surface area contributed by atoms with E-state index in [-0.39, 0.29) is 17.1 Å². The Kier molecular flexibility index (Phi) is 7.49. The first-order chi connectivity index (χ1) is 18.9. The summed E-state index contributed by atoms with van der Waals surface area (Å²) in [5.41, 5.74) is 8.35. The predicted octanol–water partition coefficient (Wildman–Crippen LogP) is 6.46. The number of ether oxygens (including phenoxy) is 2. The smallest absolute Gasteiger partial charge is 0.305 e. The zero-order valence-electron chi connectivity index (χ0n) is 22.7. The molecule has 0 fully saturated rings. The van der Waals surface area contributed by atoms with Crippen LogP contribution >= 0.6 is 0 Å². The van der Waals surface area contributed by atoms with E-state index < -0.39 is 0 Å². The van der Waals surface area contributed by atoms with Crippen LogP contribution in [0.3, 0.4) is 0 Å². The second-order valence-electron chi connectivity index (χ2n) is 10.8. The van der Waals surface area contributed by atoms with Crippen LogP contribution in [-0.2, 0) is 38.9 Å². The lowest BCUT2D eigenvalue weighted by Gasteiger charge is -2.44. The standard InChI is InChI=1S/C33H34N2O4/c1-3-38-30(37)7-5-4-6-16-39-24-14-15-33(2)22(18-24)9-12-27-29(20-35)28(19-34)26-11-8-21-17-23(36)10-13-25(21)31(26)32(27)33/h10,13-14,17-18,36H,3-9,11-12,15-16H2,1-2H3. The lowest BCUT2D eigenvalue weighted by atomic mass is 9.60. The van der Waals surface area contributed by atoms with Crippen LogP contribution in [-0.4, -0.2) is 24.3 Å². The number of allylic oxidation sites excluding steroid dienone is 3. The molecular formula is C33H34N2O4. The minimum absolute atomic E-state index is 0.141. The van der Waals surface area contributed by atoms with Gasteiger partial charge in [-0.1, -0.05) is 18.6 Å². The second kappa shape index (κ2) is 11.0. The van der Waals surface area contributed by atoms with Gasteiger partial charge >= 0.3 is 5.97 Å². The van der Waals surface area contributed by atoms with Crippen LogP contribution in [0, 0.1) is 22.7 Å². The number of benzene rings is 2. The molecular weight excluding hydrogens is 488 g/mol. The lowest BCUT2D eigenvalue weighted by Crippen LogP contribution is -2.34. The van der Waals surface area contributed by atoms with Crippen LogP contribution in [0.4, 0.5) is 0 Å². The van der Waals surface area contributed by atoms with E-state index >= 15 is 0 Å². The number of carbonyl (C=O) groups excluding carboxylic acids is 1. The van der Waals surface area contributed by atoms with Crippen molar-refractivity contribution in [3.8, 4) is 29.0 Å². The van der Waals surface area contributed by atoms with E-state index in [1.165, 1.54) is 5.57 Å². The van der Waals surface area contributed by atoms with Crippen molar-refractivity contribution >= 4 is 5.97 Å². The third-order valence-electron chi connectivity index (χ3n) is 8.47. The quantitative estimate of drug-likeness (QED) is 0.315. The number of hydrogen-bond donors (Lipinski definition) is 1. The highest BCUT2D eigenvalue weighted by molar-refractivity contribution is 5.84. The van der Waals surface area contributed by atoms with E-state index in [2.05, 4.69) is 31.2 Å². The maximum Gasteiger partial charge on any atom is 0.305 e. The number of phenols is 1. The number of esters is 1. The van der Waals surface area contributed by atoms with Crippen molar-refractivity contribution in [3.63, 3.8) is 0 Å². The van der Waals surface area contributed by atoms with Crippen molar-refractivity contribution in [2.75, 3.05) is 13.2 Å². The molecule has 0 bridgehead atoms. The SMILES string of the molecule is CCOC(=O)CCCCCOC1=CCC2(C)C(=C1)CCc1c(C#N)c(C#N)c3c(c12)-c1ccc(O)cc1CC3. The minimum Gasteiger partial charge on any atom is -0.508 e. The molecule has 6 nitrogen and oxygen atoms in total. The zero-order valence-corrected chi connectivity index (χ0v) is 22.7. The highest BCUT2D eigenvalue weighted by Gasteiger charge is 2.43. The van der Waals surface area contributed by atoms with Crippen LogP contribution in [0.15, 0.2) is 41.7 Å². The van der Waals surface area contributed by atoms with Gasteiger partial charge in [-0.3, -0.25) is 4.79 Å². The maximum atomic E-state index is 11.5. The van der Waals surface area contributed by atoms with Gasteiger partial charge in [0.05, 0.1) is 24.3 Å². The molecule has 39 heavy (non-hydrogen) atoms. The summed E-state index contributed by atoms with van der Waals surface area (Å²) in [6.45, 7) is 5.09. The number of carbonyl (C=O) groups is 1. The van der Waals surface area contributed by atoms with Crippen molar-refractivity contribution in [2.45, 2.75) is 77.0 Å². The molecule has 0 saturated carbocycles. The Balaban J connectivity index is 1.43. The van der Waals surface area contributed by atoms with Gasteiger partial charge in [-0.05, 0) is 116 Å². The van der Waals surface area contributed by atoms with E-state index in [0.717, 1.165) is 77.7 Å². The van der Waals surface area contributed by atoms with E-state index in [9.17, 15) is 20.4 Å². The molecule has 0 amide bonds. The molecule has 1 atom stereocenters. The van der Waals surface area contributed by atoms with Crippen LogP contribution in [0.5, 0.6) is 5.75 Å². The fraction of sp³-hybridized carbons (Fsp3) is 0.424. The summed E-state index contributed by atoms with van der Waals surface area (Å²) in [5.74, 6) is 0.984. The summed E-state index contributed by atoms with van der Waals surface area (Å²) in [6, 6.07) is 10.3. The first kappa shape index (κ1) is 26.6. The Hall–Kier alpha value is -4.03. The first-order valence-electron chi connectivity index (χ1n) is 14.0. The molecule has 3 aliphatic rings. The molecule has 0 spiro atoms. The van der Waals surface area contributed by atoms with Gasteiger partial charge in [0.1, 0.15) is 23.6 Å². The lowest BCUT2D eigenvalue weighted by molar-refractivity contribution is -0.143. The van der Waals surface area contributed by atoms with Crippen molar-refractivity contribution in [3.05, 3.63) is 75.1 Å². The summed E-state index contributed by atoms with van der Waals surface area (Å²) < 4.78 is 11.1. The van der Waals surface area contributed by atoms with E-state index in [0.29, 0.717) is 43.6 Å². The fourth-order valence-electron chi connectivity index (χ4n) is 6.57. The van der Waals surface area contributed by atoms with E-state index in [1.807, 2.05) is 19.1 Å². The normalized spacial score (nSPS) is 18.7. The number of rotatable bonds is 8. The third-order valence-corrected chi connectivity index (χ3v) is 8.47. The number of phenolic OH excluding ortho intramolecular Hbond substituents is 1. The largest absolute Gasteiger partial charge is 0.508 e. The van der Waals surface area contributed by atoms with Gasteiger partial charge in [0.25, 0.3) is 0 Å². The number of unbranched alkanes of at least 4 members (excludes halogenated alkanes) is 2. The van der Waals surface area contributed by atoms with Gasteiger partial charge in [0, 0.05) is 11.8 Å². The summed E-state index contributed by atoms with van der Waals surface area (Å²) in [7, 11) is 0. The van der Waals surface area contributed by atoms with Crippen LogP contribution in [0.1, 0.15) is 85.8 Å². The van der Waals surface area contributed by atoms with Gasteiger partial charge < -0.3 is 14.6 Å². The predicted molar refractivity (Wildman–Crippen MR) is 148 cm³/mol. The molecule has 1 N–H and O–H groups in total. The fourth-order valence-corrected chi connectivity index (χ4v) is 6.57. The number of nitrogens with zero attached hydrogens (tertiary/aromatic N) is 2. The molecule has 3 aliphatic carbocycles. The Morgan fingerprint density at radius 3 is 2.59 bits per heavy atom. The molecule has 0 heterocycles. The first-order valence-corrected chi connectivity index (χ1v) is 14.0. The van der Waals surface area contributed by atoms with E-state index in [4.69, 9.17) is 9.47 Å². The Morgan fingerprint density at radius 1 is 1.05 bits per heavy atom. The number of nitriles is 2. The van der Waals surface area contributed by atoms with E-state index in [1.54, 1.807) is 6.07 Å². The second-order valence-corrected chi connectivity index (χ2v) is 10.8. The number of aromatic hydroxyl groups is 1.